The van der Waals surface area contributed by atoms with Crippen molar-refractivity contribution >= 4 is 29.3 Å². The second-order valence-corrected chi connectivity index (χ2v) is 6.51. The van der Waals surface area contributed by atoms with Crippen molar-refractivity contribution in [1.82, 2.24) is 10.3 Å². The average molecular weight is 357 g/mol. The van der Waals surface area contributed by atoms with Crippen molar-refractivity contribution < 1.29 is 19.7 Å². The molecule has 2 aromatic rings. The highest BCUT2D eigenvalue weighted by molar-refractivity contribution is 5.98. The zero-order chi connectivity index (χ0) is 17.2. The number of phenols is 1. The molecule has 0 bridgehead atoms. The van der Waals surface area contributed by atoms with Gasteiger partial charge >= 0.3 is 5.97 Å². The molecule has 1 atom stereocenters. The van der Waals surface area contributed by atoms with Crippen LogP contribution < -0.4 is 5.32 Å². The summed E-state index contributed by atoms with van der Waals surface area (Å²) in [7, 11) is 0. The molecule has 6 nitrogen and oxygen atoms in total. The van der Waals surface area contributed by atoms with E-state index >= 15 is 0 Å². The number of carbonyl (C=O) groups excluding carboxylic acids is 1. The minimum absolute atomic E-state index is 0. The van der Waals surface area contributed by atoms with Crippen molar-refractivity contribution in [2.24, 2.45) is 0 Å². The Hall–Kier alpha value is -1.76. The number of carbonyl (C=O) groups is 1. The first-order valence-electron chi connectivity index (χ1n) is 7.67. The van der Waals surface area contributed by atoms with Crippen LogP contribution >= 0.6 is 12.4 Å². The van der Waals surface area contributed by atoms with E-state index in [1.165, 1.54) is 6.07 Å². The topological polar surface area (TPSA) is 94.6 Å². The zero-order valence-corrected chi connectivity index (χ0v) is 15.2. The number of esters is 1. The average Bonchev–Trinajstić information content (AvgIpc) is 2.91. The Morgan fingerprint density at radius 3 is 2.62 bits per heavy atom. The van der Waals surface area contributed by atoms with Crippen LogP contribution in [0.4, 0.5) is 0 Å². The molecule has 0 aliphatic carbocycles. The van der Waals surface area contributed by atoms with Crippen LogP contribution in [0.25, 0.3) is 10.9 Å². The molecule has 1 aromatic heterocycles. The number of ether oxygens (including phenoxy) is 1. The molecule has 1 heterocycles. The number of aromatic nitrogens is 1. The van der Waals surface area contributed by atoms with Gasteiger partial charge in [-0.1, -0.05) is 6.07 Å². The number of H-pyrrole nitrogens is 1. The number of phenolic OH excluding ortho intramolecular Hbond substituents is 1. The standard InChI is InChI=1S/C17H24N2O4.ClH/c1-5-23-16(22)12-8-11-10(6-7-13(20)15(11)19-12)14(21)9-18-17(2,3)4;/h6-8,14,18-21H,5,9H2,1-4H3;1H. The van der Waals surface area contributed by atoms with Crippen LogP contribution in [-0.2, 0) is 4.74 Å². The molecule has 2 rings (SSSR count). The van der Waals surface area contributed by atoms with Gasteiger partial charge < -0.3 is 25.3 Å². The third-order valence-corrected chi connectivity index (χ3v) is 3.49. The van der Waals surface area contributed by atoms with Crippen molar-refractivity contribution in [2.75, 3.05) is 13.2 Å². The van der Waals surface area contributed by atoms with E-state index in [4.69, 9.17) is 4.74 Å². The summed E-state index contributed by atoms with van der Waals surface area (Å²) >= 11 is 0. The van der Waals surface area contributed by atoms with E-state index in [-0.39, 0.29) is 36.0 Å². The molecule has 0 radical (unpaired) electrons. The number of hydrogen-bond donors (Lipinski definition) is 4. The predicted molar refractivity (Wildman–Crippen MR) is 95.9 cm³/mol. The second kappa shape index (κ2) is 7.88. The van der Waals surface area contributed by atoms with Crippen LogP contribution in [0.15, 0.2) is 18.2 Å². The molecular formula is C17H25ClN2O4. The van der Waals surface area contributed by atoms with Crippen LogP contribution in [0.2, 0.25) is 0 Å². The molecule has 0 saturated heterocycles. The Labute approximate surface area is 147 Å². The summed E-state index contributed by atoms with van der Waals surface area (Å²) in [6.45, 7) is 8.41. The van der Waals surface area contributed by atoms with Crippen LogP contribution in [0, 0.1) is 0 Å². The molecule has 0 spiro atoms. The van der Waals surface area contributed by atoms with E-state index in [1.54, 1.807) is 19.1 Å². The molecule has 0 fully saturated rings. The van der Waals surface area contributed by atoms with Gasteiger partial charge in [-0.2, -0.15) is 0 Å². The fourth-order valence-electron chi connectivity index (χ4n) is 2.35. The summed E-state index contributed by atoms with van der Waals surface area (Å²) in [5, 5.41) is 24.3. The minimum Gasteiger partial charge on any atom is -0.506 e. The fourth-order valence-corrected chi connectivity index (χ4v) is 2.35. The lowest BCUT2D eigenvalue weighted by Crippen LogP contribution is -2.38. The Bertz CT molecular complexity index is 706. The summed E-state index contributed by atoms with van der Waals surface area (Å²) in [5.41, 5.74) is 1.19. The molecule has 24 heavy (non-hydrogen) atoms. The van der Waals surface area contributed by atoms with Gasteiger partial charge in [0, 0.05) is 17.5 Å². The number of β-amino-alcohol motifs (C(OH)–C–C–N with tert-alkyl or cyclic N) is 1. The van der Waals surface area contributed by atoms with E-state index in [0.29, 0.717) is 23.0 Å². The zero-order valence-electron chi connectivity index (χ0n) is 14.3. The van der Waals surface area contributed by atoms with Crippen LogP contribution in [0.5, 0.6) is 5.75 Å². The van der Waals surface area contributed by atoms with Gasteiger partial charge in [-0.05, 0) is 45.4 Å². The van der Waals surface area contributed by atoms with Crippen molar-refractivity contribution in [1.29, 1.82) is 0 Å². The smallest absolute Gasteiger partial charge is 0.354 e. The van der Waals surface area contributed by atoms with Crippen molar-refractivity contribution in [3.63, 3.8) is 0 Å². The fraction of sp³-hybridized carbons (Fsp3) is 0.471. The number of aromatic hydroxyl groups is 1. The van der Waals surface area contributed by atoms with Gasteiger partial charge in [0.1, 0.15) is 11.4 Å². The van der Waals surface area contributed by atoms with Crippen LogP contribution in [-0.4, -0.2) is 39.9 Å². The van der Waals surface area contributed by atoms with Gasteiger partial charge in [0.2, 0.25) is 0 Å². The van der Waals surface area contributed by atoms with Gasteiger partial charge in [-0.15, -0.1) is 12.4 Å². The second-order valence-electron chi connectivity index (χ2n) is 6.51. The van der Waals surface area contributed by atoms with Gasteiger partial charge in [0.25, 0.3) is 0 Å². The van der Waals surface area contributed by atoms with Crippen molar-refractivity contribution in [2.45, 2.75) is 39.3 Å². The first-order chi connectivity index (χ1) is 10.7. The molecule has 1 aromatic carbocycles. The molecule has 1 unspecified atom stereocenters. The quantitative estimate of drug-likeness (QED) is 0.618. The van der Waals surface area contributed by atoms with Gasteiger partial charge in [-0.25, -0.2) is 4.79 Å². The Morgan fingerprint density at radius 1 is 1.38 bits per heavy atom. The number of aliphatic hydroxyl groups excluding tert-OH is 1. The van der Waals surface area contributed by atoms with E-state index in [0.717, 1.165) is 0 Å². The third kappa shape index (κ3) is 4.63. The van der Waals surface area contributed by atoms with Crippen molar-refractivity contribution in [3.8, 4) is 5.75 Å². The van der Waals surface area contributed by atoms with Crippen LogP contribution in [0.3, 0.4) is 0 Å². The predicted octanol–water partition coefficient (Wildman–Crippen LogP) is 2.89. The minimum atomic E-state index is -0.761. The maximum atomic E-state index is 11.9. The monoisotopic (exact) mass is 356 g/mol. The highest BCUT2D eigenvalue weighted by Crippen LogP contribution is 2.31. The number of aromatic amines is 1. The van der Waals surface area contributed by atoms with E-state index in [2.05, 4.69) is 10.3 Å². The number of aliphatic hydroxyl groups is 1. The summed E-state index contributed by atoms with van der Waals surface area (Å²) in [5.74, 6) is -0.466. The van der Waals surface area contributed by atoms with Gasteiger partial charge in [0.05, 0.1) is 18.2 Å². The highest BCUT2D eigenvalue weighted by Gasteiger charge is 2.20. The van der Waals surface area contributed by atoms with Gasteiger partial charge in [-0.3, -0.25) is 0 Å². The number of halogens is 1. The SMILES string of the molecule is CCOC(=O)c1cc2c(C(O)CNC(C)(C)C)ccc(O)c2[nH]1.Cl. The normalized spacial score (nSPS) is 12.7. The lowest BCUT2D eigenvalue weighted by atomic mass is 10.0. The summed E-state index contributed by atoms with van der Waals surface area (Å²) in [6.07, 6.45) is -0.761. The first kappa shape index (κ1) is 20.3. The van der Waals surface area contributed by atoms with Crippen LogP contribution in [0.1, 0.15) is 49.9 Å². The third-order valence-electron chi connectivity index (χ3n) is 3.49. The summed E-state index contributed by atoms with van der Waals surface area (Å²) < 4.78 is 4.96. The molecule has 134 valence electrons. The molecule has 0 aliphatic heterocycles. The lowest BCUT2D eigenvalue weighted by Gasteiger charge is -2.23. The maximum absolute atomic E-state index is 11.9. The Morgan fingerprint density at radius 2 is 2.04 bits per heavy atom. The van der Waals surface area contributed by atoms with E-state index in [1.807, 2.05) is 20.8 Å². The lowest BCUT2D eigenvalue weighted by molar-refractivity contribution is 0.0520. The van der Waals surface area contributed by atoms with E-state index in [9.17, 15) is 15.0 Å². The Balaban J connectivity index is 0.00000288. The van der Waals surface area contributed by atoms with E-state index < -0.39 is 12.1 Å². The number of hydrogen-bond acceptors (Lipinski definition) is 5. The number of nitrogens with one attached hydrogen (secondary N) is 2. The largest absolute Gasteiger partial charge is 0.506 e. The first-order valence-corrected chi connectivity index (χ1v) is 7.67. The molecule has 0 saturated carbocycles. The molecule has 4 N–H and O–H groups in total. The molecule has 0 amide bonds. The molecule has 0 aliphatic rings. The number of rotatable bonds is 5. The summed E-state index contributed by atoms with van der Waals surface area (Å²) in [4.78, 5) is 14.7. The van der Waals surface area contributed by atoms with Crippen molar-refractivity contribution in [3.05, 3.63) is 29.5 Å². The number of fused-ring (bicyclic) bond motifs is 1. The number of benzene rings is 1. The Kier molecular flexibility index (Phi) is 6.66. The highest BCUT2D eigenvalue weighted by atomic mass is 35.5. The molecule has 7 heteroatoms. The van der Waals surface area contributed by atoms with Gasteiger partial charge in [0.15, 0.2) is 0 Å². The summed E-state index contributed by atoms with van der Waals surface area (Å²) in [6, 6.07) is 4.77. The maximum Gasteiger partial charge on any atom is 0.354 e. The molecular weight excluding hydrogens is 332 g/mol.